The van der Waals surface area contributed by atoms with Crippen LogP contribution in [0, 0.1) is 0 Å². The van der Waals surface area contributed by atoms with Gasteiger partial charge in [-0.05, 0) is 18.9 Å². The molecular weight excluding hydrogens is 202 g/mol. The molecule has 1 heterocycles. The van der Waals surface area contributed by atoms with E-state index in [0.717, 1.165) is 18.5 Å². The molecule has 1 aromatic heterocycles. The van der Waals surface area contributed by atoms with Crippen LogP contribution < -0.4 is 15.8 Å². The van der Waals surface area contributed by atoms with Crippen LogP contribution >= 0.6 is 0 Å². The third kappa shape index (κ3) is 2.64. The van der Waals surface area contributed by atoms with E-state index in [1.807, 2.05) is 12.1 Å². The Morgan fingerprint density at radius 2 is 2.25 bits per heavy atom. The molecule has 0 radical (unpaired) electrons. The van der Waals surface area contributed by atoms with Gasteiger partial charge in [0.15, 0.2) is 0 Å². The number of aromatic nitrogens is 1. The van der Waals surface area contributed by atoms with Crippen molar-refractivity contribution in [3.8, 4) is 5.88 Å². The number of ether oxygens (including phenoxy) is 1. The molecule has 3 N–H and O–H groups in total. The maximum atomic E-state index is 6.09. The first-order valence-electron chi connectivity index (χ1n) is 5.82. The summed E-state index contributed by atoms with van der Waals surface area (Å²) in [5.41, 5.74) is 7.12. The van der Waals surface area contributed by atoms with E-state index in [4.69, 9.17) is 10.5 Å². The SMILES string of the molecule is COc1cc(NC2CCCCC2N)ccn1. The first kappa shape index (κ1) is 11.2. The number of rotatable bonds is 3. The summed E-state index contributed by atoms with van der Waals surface area (Å²) in [5.74, 6) is 0.634. The van der Waals surface area contributed by atoms with Gasteiger partial charge in [0.25, 0.3) is 0 Å². The number of pyridine rings is 1. The van der Waals surface area contributed by atoms with Gasteiger partial charge in [-0.2, -0.15) is 0 Å². The Morgan fingerprint density at radius 1 is 1.44 bits per heavy atom. The number of nitrogens with zero attached hydrogens (tertiary/aromatic N) is 1. The molecule has 0 spiro atoms. The molecule has 1 aromatic rings. The number of hydrogen-bond acceptors (Lipinski definition) is 4. The molecule has 16 heavy (non-hydrogen) atoms. The predicted molar refractivity (Wildman–Crippen MR) is 64.6 cm³/mol. The molecule has 0 amide bonds. The monoisotopic (exact) mass is 221 g/mol. The Bertz CT molecular complexity index is 343. The van der Waals surface area contributed by atoms with Crippen molar-refractivity contribution < 1.29 is 4.74 Å². The Labute approximate surface area is 96.2 Å². The molecule has 0 bridgehead atoms. The molecule has 1 aliphatic carbocycles. The number of hydrogen-bond donors (Lipinski definition) is 2. The quantitative estimate of drug-likeness (QED) is 0.816. The van der Waals surface area contributed by atoms with Crippen molar-refractivity contribution in [1.29, 1.82) is 0 Å². The van der Waals surface area contributed by atoms with Crippen molar-refractivity contribution in [2.45, 2.75) is 37.8 Å². The molecule has 88 valence electrons. The Kier molecular flexibility index (Phi) is 3.62. The fraction of sp³-hybridized carbons (Fsp3) is 0.583. The van der Waals surface area contributed by atoms with E-state index in [-0.39, 0.29) is 6.04 Å². The first-order chi connectivity index (χ1) is 7.79. The van der Waals surface area contributed by atoms with E-state index in [0.29, 0.717) is 11.9 Å². The second-order valence-electron chi connectivity index (χ2n) is 4.29. The molecule has 1 saturated carbocycles. The van der Waals surface area contributed by atoms with E-state index in [2.05, 4.69) is 10.3 Å². The van der Waals surface area contributed by atoms with E-state index in [1.165, 1.54) is 12.8 Å². The maximum Gasteiger partial charge on any atom is 0.214 e. The zero-order chi connectivity index (χ0) is 11.4. The highest BCUT2D eigenvalue weighted by Gasteiger charge is 2.21. The molecule has 0 aromatic carbocycles. The van der Waals surface area contributed by atoms with Crippen molar-refractivity contribution in [1.82, 2.24) is 4.98 Å². The Balaban J connectivity index is 2.01. The van der Waals surface area contributed by atoms with Gasteiger partial charge in [-0.3, -0.25) is 0 Å². The fourth-order valence-electron chi connectivity index (χ4n) is 2.16. The zero-order valence-corrected chi connectivity index (χ0v) is 9.65. The molecule has 4 heteroatoms. The van der Waals surface area contributed by atoms with Crippen LogP contribution in [0.1, 0.15) is 25.7 Å². The molecule has 2 unspecified atom stereocenters. The van der Waals surface area contributed by atoms with E-state index in [9.17, 15) is 0 Å². The third-order valence-corrected chi connectivity index (χ3v) is 3.12. The van der Waals surface area contributed by atoms with Crippen molar-refractivity contribution in [2.75, 3.05) is 12.4 Å². The lowest BCUT2D eigenvalue weighted by Gasteiger charge is -2.30. The van der Waals surface area contributed by atoms with E-state index < -0.39 is 0 Å². The minimum absolute atomic E-state index is 0.257. The van der Waals surface area contributed by atoms with Crippen molar-refractivity contribution in [3.05, 3.63) is 18.3 Å². The summed E-state index contributed by atoms with van der Waals surface area (Å²) in [4.78, 5) is 4.08. The van der Waals surface area contributed by atoms with Gasteiger partial charge < -0.3 is 15.8 Å². The fourth-order valence-corrected chi connectivity index (χ4v) is 2.16. The Morgan fingerprint density at radius 3 is 3.00 bits per heavy atom. The summed E-state index contributed by atoms with van der Waals surface area (Å²) < 4.78 is 5.09. The number of nitrogens with one attached hydrogen (secondary N) is 1. The van der Waals surface area contributed by atoms with Crippen LogP contribution in [-0.2, 0) is 0 Å². The highest BCUT2D eigenvalue weighted by Crippen LogP contribution is 2.22. The topological polar surface area (TPSA) is 60.2 Å². The summed E-state index contributed by atoms with van der Waals surface area (Å²) in [6.45, 7) is 0. The van der Waals surface area contributed by atoms with Crippen LogP contribution in [-0.4, -0.2) is 24.2 Å². The zero-order valence-electron chi connectivity index (χ0n) is 9.65. The molecule has 1 fully saturated rings. The van der Waals surface area contributed by atoms with Gasteiger partial charge in [-0.15, -0.1) is 0 Å². The number of anilines is 1. The van der Waals surface area contributed by atoms with Crippen LogP contribution in [0.3, 0.4) is 0 Å². The number of nitrogens with two attached hydrogens (primary N) is 1. The second kappa shape index (κ2) is 5.16. The van der Waals surface area contributed by atoms with Crippen LogP contribution in [0.2, 0.25) is 0 Å². The standard InChI is InChI=1S/C12H19N3O/c1-16-12-8-9(6-7-14-12)15-11-5-3-2-4-10(11)13/h6-8,10-11H,2-5,13H2,1H3,(H,14,15). The summed E-state index contributed by atoms with van der Waals surface area (Å²) in [6, 6.07) is 4.49. The molecular formula is C12H19N3O. The Hall–Kier alpha value is -1.29. The lowest BCUT2D eigenvalue weighted by atomic mass is 9.91. The highest BCUT2D eigenvalue weighted by molar-refractivity contribution is 5.46. The predicted octanol–water partition coefficient (Wildman–Crippen LogP) is 1.77. The lowest BCUT2D eigenvalue weighted by Crippen LogP contribution is -2.42. The average molecular weight is 221 g/mol. The normalized spacial score (nSPS) is 25.1. The smallest absolute Gasteiger partial charge is 0.214 e. The summed E-state index contributed by atoms with van der Waals surface area (Å²) in [6.07, 6.45) is 6.51. The lowest BCUT2D eigenvalue weighted by molar-refractivity contribution is 0.395. The average Bonchev–Trinajstić information content (AvgIpc) is 2.32. The first-order valence-corrected chi connectivity index (χ1v) is 5.82. The van der Waals surface area contributed by atoms with Crippen LogP contribution in [0.15, 0.2) is 18.3 Å². The molecule has 1 aliphatic rings. The molecule has 2 atom stereocenters. The largest absolute Gasteiger partial charge is 0.481 e. The summed E-state index contributed by atoms with van der Waals surface area (Å²) >= 11 is 0. The van der Waals surface area contributed by atoms with Gasteiger partial charge in [0.2, 0.25) is 5.88 Å². The van der Waals surface area contributed by atoms with Crippen molar-refractivity contribution >= 4 is 5.69 Å². The minimum Gasteiger partial charge on any atom is -0.481 e. The van der Waals surface area contributed by atoms with Gasteiger partial charge in [0.1, 0.15) is 0 Å². The molecule has 2 rings (SSSR count). The third-order valence-electron chi connectivity index (χ3n) is 3.12. The minimum atomic E-state index is 0.257. The summed E-state index contributed by atoms with van der Waals surface area (Å²) in [7, 11) is 1.62. The van der Waals surface area contributed by atoms with Gasteiger partial charge in [-0.25, -0.2) is 4.98 Å². The van der Waals surface area contributed by atoms with Crippen LogP contribution in [0.5, 0.6) is 5.88 Å². The summed E-state index contributed by atoms with van der Waals surface area (Å²) in [5, 5.41) is 3.46. The van der Waals surface area contributed by atoms with E-state index in [1.54, 1.807) is 13.3 Å². The molecule has 0 aliphatic heterocycles. The van der Waals surface area contributed by atoms with Gasteiger partial charge >= 0.3 is 0 Å². The second-order valence-corrected chi connectivity index (χ2v) is 4.29. The van der Waals surface area contributed by atoms with Crippen LogP contribution in [0.4, 0.5) is 5.69 Å². The van der Waals surface area contributed by atoms with E-state index >= 15 is 0 Å². The number of methoxy groups -OCH3 is 1. The van der Waals surface area contributed by atoms with Gasteiger partial charge in [0.05, 0.1) is 7.11 Å². The van der Waals surface area contributed by atoms with Crippen LogP contribution in [0.25, 0.3) is 0 Å². The van der Waals surface area contributed by atoms with Crippen molar-refractivity contribution in [2.24, 2.45) is 5.73 Å². The van der Waals surface area contributed by atoms with Gasteiger partial charge in [-0.1, -0.05) is 12.8 Å². The van der Waals surface area contributed by atoms with Crippen molar-refractivity contribution in [3.63, 3.8) is 0 Å². The molecule has 0 saturated heterocycles. The molecule has 4 nitrogen and oxygen atoms in total. The highest BCUT2D eigenvalue weighted by atomic mass is 16.5. The van der Waals surface area contributed by atoms with Gasteiger partial charge in [0, 0.05) is 30.0 Å². The maximum absolute atomic E-state index is 6.09.